The number of nitro groups is 1. The van der Waals surface area contributed by atoms with Gasteiger partial charge in [0.15, 0.2) is 0 Å². The van der Waals surface area contributed by atoms with Crippen LogP contribution in [0.25, 0.3) is 0 Å². The smallest absolute Gasteiger partial charge is 0.288 e. The van der Waals surface area contributed by atoms with E-state index in [4.69, 9.17) is 23.2 Å². The topological polar surface area (TPSA) is 110 Å². The lowest BCUT2D eigenvalue weighted by atomic mass is 10.1. The van der Waals surface area contributed by atoms with Gasteiger partial charge < -0.3 is 5.32 Å². The maximum atomic E-state index is 12.6. The zero-order chi connectivity index (χ0) is 22.3. The van der Waals surface area contributed by atoms with Crippen LogP contribution in [0.3, 0.4) is 0 Å². The van der Waals surface area contributed by atoms with Crippen LogP contribution in [0.15, 0.2) is 60.7 Å². The summed E-state index contributed by atoms with van der Waals surface area (Å²) in [6.45, 7) is 0. The molecule has 0 radical (unpaired) electrons. The standard InChI is InChI=1S/C21H11Cl2N3O5/c22-15-7-5-11(9-18(15)26(30)31)19(27)24-12-6-8-17(16(23)10-12)25-20(28)13-3-1-2-4-14(13)21(25)29/h1-10H,(H,24,27). The number of rotatable bonds is 4. The Bertz CT molecular complexity index is 1260. The van der Waals surface area contributed by atoms with Gasteiger partial charge >= 0.3 is 0 Å². The Morgan fingerprint density at radius 2 is 1.55 bits per heavy atom. The molecule has 0 saturated carbocycles. The fourth-order valence-electron chi connectivity index (χ4n) is 3.17. The van der Waals surface area contributed by atoms with E-state index >= 15 is 0 Å². The second kappa shape index (κ2) is 7.82. The highest BCUT2D eigenvalue weighted by atomic mass is 35.5. The van der Waals surface area contributed by atoms with Crippen LogP contribution in [-0.4, -0.2) is 22.6 Å². The molecule has 31 heavy (non-hydrogen) atoms. The molecule has 4 rings (SSSR count). The van der Waals surface area contributed by atoms with E-state index in [9.17, 15) is 24.5 Å². The van der Waals surface area contributed by atoms with Gasteiger partial charge in [0, 0.05) is 17.3 Å². The number of amides is 3. The molecule has 1 aliphatic rings. The number of imide groups is 1. The van der Waals surface area contributed by atoms with E-state index in [0.29, 0.717) is 0 Å². The van der Waals surface area contributed by atoms with Crippen LogP contribution in [0, 0.1) is 10.1 Å². The predicted molar refractivity (Wildman–Crippen MR) is 115 cm³/mol. The van der Waals surface area contributed by atoms with Gasteiger partial charge in [-0.1, -0.05) is 35.3 Å². The Balaban J connectivity index is 1.59. The first kappa shape index (κ1) is 20.5. The molecule has 3 aromatic rings. The van der Waals surface area contributed by atoms with Crippen molar-refractivity contribution in [1.29, 1.82) is 0 Å². The Morgan fingerprint density at radius 3 is 2.13 bits per heavy atom. The molecule has 0 unspecified atom stereocenters. The number of carbonyl (C=O) groups is 3. The van der Waals surface area contributed by atoms with Gasteiger partial charge in [-0.2, -0.15) is 0 Å². The van der Waals surface area contributed by atoms with E-state index in [2.05, 4.69) is 5.32 Å². The van der Waals surface area contributed by atoms with Gasteiger partial charge in [-0.3, -0.25) is 24.5 Å². The summed E-state index contributed by atoms with van der Waals surface area (Å²) < 4.78 is 0. The summed E-state index contributed by atoms with van der Waals surface area (Å²) in [5.41, 5.74) is 0.640. The first-order valence-corrected chi connectivity index (χ1v) is 9.56. The molecule has 3 aromatic carbocycles. The molecule has 0 saturated heterocycles. The van der Waals surface area contributed by atoms with Gasteiger partial charge in [0.05, 0.1) is 26.8 Å². The number of fused-ring (bicyclic) bond motifs is 1. The number of anilines is 2. The number of nitrogens with zero attached hydrogens (tertiary/aromatic N) is 2. The van der Waals surface area contributed by atoms with E-state index in [1.165, 1.54) is 30.3 Å². The van der Waals surface area contributed by atoms with Crippen molar-refractivity contribution >= 4 is 58.0 Å². The third-order valence-corrected chi connectivity index (χ3v) is 5.27. The van der Waals surface area contributed by atoms with E-state index < -0.39 is 28.3 Å². The van der Waals surface area contributed by atoms with Gasteiger partial charge in [-0.25, -0.2) is 4.90 Å². The molecule has 0 atom stereocenters. The van der Waals surface area contributed by atoms with Crippen molar-refractivity contribution in [1.82, 2.24) is 0 Å². The maximum Gasteiger partial charge on any atom is 0.288 e. The molecule has 0 fully saturated rings. The summed E-state index contributed by atoms with van der Waals surface area (Å²) in [6.07, 6.45) is 0. The number of benzene rings is 3. The number of nitrogens with one attached hydrogen (secondary N) is 1. The van der Waals surface area contributed by atoms with E-state index in [-0.39, 0.29) is 38.1 Å². The van der Waals surface area contributed by atoms with E-state index in [1.54, 1.807) is 24.3 Å². The summed E-state index contributed by atoms with van der Waals surface area (Å²) >= 11 is 12.1. The van der Waals surface area contributed by atoms with Crippen LogP contribution in [0.5, 0.6) is 0 Å². The number of carbonyl (C=O) groups excluding carboxylic acids is 3. The zero-order valence-electron chi connectivity index (χ0n) is 15.5. The number of nitro benzene ring substituents is 1. The van der Waals surface area contributed by atoms with Crippen molar-refractivity contribution in [2.45, 2.75) is 0 Å². The molecule has 3 amide bonds. The summed E-state index contributed by atoms with van der Waals surface area (Å²) in [6, 6.07) is 14.4. The molecule has 0 aliphatic carbocycles. The first-order valence-electron chi connectivity index (χ1n) is 8.80. The van der Waals surface area contributed by atoms with Crippen LogP contribution in [0.4, 0.5) is 17.1 Å². The maximum absolute atomic E-state index is 12.6. The van der Waals surface area contributed by atoms with Crippen LogP contribution in [0.1, 0.15) is 31.1 Å². The van der Waals surface area contributed by atoms with Gasteiger partial charge in [-0.05, 0) is 42.5 Å². The summed E-state index contributed by atoms with van der Waals surface area (Å²) in [4.78, 5) is 49.0. The quantitative estimate of drug-likeness (QED) is 0.339. The molecular weight excluding hydrogens is 445 g/mol. The van der Waals surface area contributed by atoms with E-state index in [1.807, 2.05) is 0 Å². The van der Waals surface area contributed by atoms with Crippen molar-refractivity contribution in [2.24, 2.45) is 0 Å². The number of hydrogen-bond acceptors (Lipinski definition) is 5. The van der Waals surface area contributed by atoms with Crippen LogP contribution in [0.2, 0.25) is 10.0 Å². The highest BCUT2D eigenvalue weighted by Crippen LogP contribution is 2.35. The Kier molecular flexibility index (Phi) is 5.18. The third-order valence-electron chi connectivity index (χ3n) is 4.65. The SMILES string of the molecule is O=C(Nc1ccc(N2C(=O)c3ccccc3C2=O)c(Cl)c1)c1ccc(Cl)c([N+](=O)[O-])c1. The minimum absolute atomic E-state index is 0.0247. The minimum Gasteiger partial charge on any atom is -0.322 e. The number of hydrogen-bond donors (Lipinski definition) is 1. The van der Waals surface area contributed by atoms with Crippen LogP contribution < -0.4 is 10.2 Å². The highest BCUT2D eigenvalue weighted by Gasteiger charge is 2.37. The molecule has 1 heterocycles. The highest BCUT2D eigenvalue weighted by molar-refractivity contribution is 6.40. The molecule has 154 valence electrons. The van der Waals surface area contributed by atoms with Crippen molar-refractivity contribution in [3.8, 4) is 0 Å². The van der Waals surface area contributed by atoms with Crippen LogP contribution >= 0.6 is 23.2 Å². The molecule has 1 aliphatic heterocycles. The van der Waals surface area contributed by atoms with Gasteiger partial charge in [0.25, 0.3) is 23.4 Å². The normalized spacial score (nSPS) is 12.6. The largest absolute Gasteiger partial charge is 0.322 e. The van der Waals surface area contributed by atoms with Crippen molar-refractivity contribution in [3.63, 3.8) is 0 Å². The molecule has 0 spiro atoms. The zero-order valence-corrected chi connectivity index (χ0v) is 17.0. The lowest BCUT2D eigenvalue weighted by Gasteiger charge is -2.16. The van der Waals surface area contributed by atoms with Crippen LogP contribution in [-0.2, 0) is 0 Å². The van der Waals surface area contributed by atoms with Gasteiger partial charge in [-0.15, -0.1) is 0 Å². The lowest BCUT2D eigenvalue weighted by molar-refractivity contribution is -0.384. The molecular formula is C21H11Cl2N3O5. The van der Waals surface area contributed by atoms with Crippen molar-refractivity contribution < 1.29 is 19.3 Å². The average Bonchev–Trinajstić information content (AvgIpc) is 2.99. The molecule has 1 N–H and O–H groups in total. The predicted octanol–water partition coefficient (Wildman–Crippen LogP) is 4.95. The Hall–Kier alpha value is -3.75. The van der Waals surface area contributed by atoms with Gasteiger partial charge in [0.1, 0.15) is 5.02 Å². The lowest BCUT2D eigenvalue weighted by Crippen LogP contribution is -2.29. The Labute approximate surface area is 185 Å². The molecule has 10 heteroatoms. The summed E-state index contributed by atoms with van der Waals surface area (Å²) in [5.74, 6) is -1.61. The fraction of sp³-hybridized carbons (Fsp3) is 0. The average molecular weight is 456 g/mol. The first-order chi connectivity index (χ1) is 14.8. The van der Waals surface area contributed by atoms with Gasteiger partial charge in [0.2, 0.25) is 0 Å². The monoisotopic (exact) mass is 455 g/mol. The second-order valence-electron chi connectivity index (χ2n) is 6.53. The summed E-state index contributed by atoms with van der Waals surface area (Å²) in [7, 11) is 0. The fourth-order valence-corrected chi connectivity index (χ4v) is 3.62. The molecule has 0 bridgehead atoms. The number of halogens is 2. The third kappa shape index (κ3) is 3.63. The minimum atomic E-state index is -0.688. The Morgan fingerprint density at radius 1 is 0.903 bits per heavy atom. The van der Waals surface area contributed by atoms with Crippen molar-refractivity contribution in [3.05, 3.63) is 97.5 Å². The summed E-state index contributed by atoms with van der Waals surface area (Å²) in [5, 5.41) is 13.6. The molecule has 0 aromatic heterocycles. The second-order valence-corrected chi connectivity index (χ2v) is 7.35. The van der Waals surface area contributed by atoms with E-state index in [0.717, 1.165) is 11.0 Å². The molecule has 8 nitrogen and oxygen atoms in total. The van der Waals surface area contributed by atoms with Crippen molar-refractivity contribution in [2.75, 3.05) is 10.2 Å².